The van der Waals surface area contributed by atoms with E-state index in [1.54, 1.807) is 0 Å². The molecule has 5 nitrogen and oxygen atoms in total. The van der Waals surface area contributed by atoms with Crippen LogP contribution in [0.25, 0.3) is 0 Å². The standard InChI is InChI=1S/C16H26N4O.ClH/c1-16(2,3)7-6-15(21)19-14-5-4-13(12-18-14)20-10-8-17-9-11-20;/h4-5,12,17H,6-11H2,1-3H3,(H,18,19,21);1H. The first-order valence-corrected chi connectivity index (χ1v) is 7.66. The monoisotopic (exact) mass is 326 g/mol. The lowest BCUT2D eigenvalue weighted by Gasteiger charge is -2.29. The summed E-state index contributed by atoms with van der Waals surface area (Å²) in [7, 11) is 0. The molecule has 0 saturated carbocycles. The fourth-order valence-electron chi connectivity index (χ4n) is 2.26. The Labute approximate surface area is 139 Å². The number of hydrogen-bond acceptors (Lipinski definition) is 4. The van der Waals surface area contributed by atoms with Gasteiger partial charge in [0.05, 0.1) is 11.9 Å². The Hall–Kier alpha value is -1.33. The lowest BCUT2D eigenvalue weighted by atomic mass is 9.90. The smallest absolute Gasteiger partial charge is 0.225 e. The summed E-state index contributed by atoms with van der Waals surface area (Å²) >= 11 is 0. The second-order valence-electron chi connectivity index (χ2n) is 6.75. The molecule has 6 heteroatoms. The molecule has 1 saturated heterocycles. The largest absolute Gasteiger partial charge is 0.368 e. The van der Waals surface area contributed by atoms with E-state index in [0.29, 0.717) is 12.2 Å². The maximum atomic E-state index is 11.9. The van der Waals surface area contributed by atoms with E-state index >= 15 is 0 Å². The molecule has 0 spiro atoms. The van der Waals surface area contributed by atoms with Gasteiger partial charge in [0, 0.05) is 32.6 Å². The predicted molar refractivity (Wildman–Crippen MR) is 93.9 cm³/mol. The Morgan fingerprint density at radius 2 is 2.00 bits per heavy atom. The highest BCUT2D eigenvalue weighted by molar-refractivity contribution is 5.89. The van der Waals surface area contributed by atoms with Crippen LogP contribution in [0.1, 0.15) is 33.6 Å². The molecule has 1 aliphatic heterocycles. The van der Waals surface area contributed by atoms with Gasteiger partial charge in [-0.3, -0.25) is 4.79 Å². The zero-order valence-electron chi connectivity index (χ0n) is 13.7. The van der Waals surface area contributed by atoms with Gasteiger partial charge in [-0.05, 0) is 24.0 Å². The molecular formula is C16H27ClN4O. The normalized spacial score (nSPS) is 15.1. The van der Waals surface area contributed by atoms with Crippen LogP contribution in [0.4, 0.5) is 11.5 Å². The minimum Gasteiger partial charge on any atom is -0.368 e. The van der Waals surface area contributed by atoms with E-state index in [9.17, 15) is 4.79 Å². The number of carbonyl (C=O) groups excluding carboxylic acids is 1. The minimum atomic E-state index is 0. The van der Waals surface area contributed by atoms with Crippen molar-refractivity contribution in [2.24, 2.45) is 5.41 Å². The van der Waals surface area contributed by atoms with Crippen molar-refractivity contribution in [2.45, 2.75) is 33.6 Å². The molecule has 2 N–H and O–H groups in total. The first kappa shape index (κ1) is 18.7. The highest BCUT2D eigenvalue weighted by atomic mass is 35.5. The molecule has 2 rings (SSSR count). The van der Waals surface area contributed by atoms with Crippen LogP contribution < -0.4 is 15.5 Å². The summed E-state index contributed by atoms with van der Waals surface area (Å²) in [6, 6.07) is 3.91. The number of rotatable bonds is 4. The Bertz CT molecular complexity index is 464. The summed E-state index contributed by atoms with van der Waals surface area (Å²) in [4.78, 5) is 18.5. The molecular weight excluding hydrogens is 300 g/mol. The first-order chi connectivity index (χ1) is 9.94. The third-order valence-electron chi connectivity index (χ3n) is 3.60. The van der Waals surface area contributed by atoms with E-state index in [1.807, 2.05) is 18.3 Å². The van der Waals surface area contributed by atoms with Crippen molar-refractivity contribution in [3.05, 3.63) is 18.3 Å². The van der Waals surface area contributed by atoms with E-state index in [4.69, 9.17) is 0 Å². The quantitative estimate of drug-likeness (QED) is 0.893. The van der Waals surface area contributed by atoms with E-state index in [-0.39, 0.29) is 23.7 Å². The Morgan fingerprint density at radius 1 is 1.32 bits per heavy atom. The van der Waals surface area contributed by atoms with Gasteiger partial charge in [-0.2, -0.15) is 0 Å². The first-order valence-electron chi connectivity index (χ1n) is 7.66. The van der Waals surface area contributed by atoms with Gasteiger partial charge in [0.2, 0.25) is 5.91 Å². The van der Waals surface area contributed by atoms with Gasteiger partial charge >= 0.3 is 0 Å². The average molecular weight is 327 g/mol. The number of hydrogen-bond donors (Lipinski definition) is 2. The number of carbonyl (C=O) groups is 1. The number of anilines is 2. The molecule has 0 unspecified atom stereocenters. The molecule has 0 bridgehead atoms. The van der Waals surface area contributed by atoms with Crippen molar-refractivity contribution in [1.29, 1.82) is 0 Å². The number of amides is 1. The molecule has 1 fully saturated rings. The number of nitrogens with zero attached hydrogens (tertiary/aromatic N) is 2. The van der Waals surface area contributed by atoms with Crippen molar-refractivity contribution < 1.29 is 4.79 Å². The lowest BCUT2D eigenvalue weighted by Crippen LogP contribution is -2.43. The van der Waals surface area contributed by atoms with Gasteiger partial charge in [-0.1, -0.05) is 20.8 Å². The zero-order valence-corrected chi connectivity index (χ0v) is 14.5. The molecule has 22 heavy (non-hydrogen) atoms. The molecule has 0 aliphatic carbocycles. The highest BCUT2D eigenvalue weighted by Crippen LogP contribution is 2.21. The van der Waals surface area contributed by atoms with Crippen LogP contribution in [0.3, 0.4) is 0 Å². The van der Waals surface area contributed by atoms with Gasteiger partial charge in [-0.25, -0.2) is 4.98 Å². The summed E-state index contributed by atoms with van der Waals surface area (Å²) in [5.41, 5.74) is 1.29. The summed E-state index contributed by atoms with van der Waals surface area (Å²) in [5, 5.41) is 6.19. The SMILES string of the molecule is CC(C)(C)CCC(=O)Nc1ccc(N2CCNCC2)cn1.Cl. The van der Waals surface area contributed by atoms with Crippen molar-refractivity contribution in [3.8, 4) is 0 Å². The van der Waals surface area contributed by atoms with E-state index in [0.717, 1.165) is 38.3 Å². The van der Waals surface area contributed by atoms with E-state index < -0.39 is 0 Å². The molecule has 1 aromatic rings. The van der Waals surface area contributed by atoms with Crippen molar-refractivity contribution in [1.82, 2.24) is 10.3 Å². The maximum absolute atomic E-state index is 11.9. The van der Waals surface area contributed by atoms with Gasteiger partial charge in [-0.15, -0.1) is 12.4 Å². The fraction of sp³-hybridized carbons (Fsp3) is 0.625. The van der Waals surface area contributed by atoms with Crippen LogP contribution >= 0.6 is 12.4 Å². The Kier molecular flexibility index (Phi) is 7.10. The molecule has 0 radical (unpaired) electrons. The van der Waals surface area contributed by atoms with Crippen LogP contribution in [0.5, 0.6) is 0 Å². The zero-order chi connectivity index (χ0) is 15.3. The van der Waals surface area contributed by atoms with Crippen molar-refractivity contribution >= 4 is 29.8 Å². The van der Waals surface area contributed by atoms with Crippen molar-refractivity contribution in [2.75, 3.05) is 36.4 Å². The second-order valence-corrected chi connectivity index (χ2v) is 6.75. The molecule has 2 heterocycles. The van der Waals surface area contributed by atoms with Crippen LogP contribution in [0, 0.1) is 5.41 Å². The summed E-state index contributed by atoms with van der Waals surface area (Å²) < 4.78 is 0. The molecule has 0 aromatic carbocycles. The van der Waals surface area contributed by atoms with Crippen LogP contribution in [0.2, 0.25) is 0 Å². The van der Waals surface area contributed by atoms with Gasteiger partial charge in [0.1, 0.15) is 5.82 Å². The highest BCUT2D eigenvalue weighted by Gasteiger charge is 2.14. The van der Waals surface area contributed by atoms with Crippen LogP contribution in [-0.4, -0.2) is 37.1 Å². The number of piperazine rings is 1. The van der Waals surface area contributed by atoms with Crippen LogP contribution in [-0.2, 0) is 4.79 Å². The van der Waals surface area contributed by atoms with Crippen LogP contribution in [0.15, 0.2) is 18.3 Å². The fourth-order valence-corrected chi connectivity index (χ4v) is 2.26. The number of pyridine rings is 1. The van der Waals surface area contributed by atoms with Gasteiger partial charge in [0.25, 0.3) is 0 Å². The van der Waals surface area contributed by atoms with Gasteiger partial charge in [0.15, 0.2) is 0 Å². The summed E-state index contributed by atoms with van der Waals surface area (Å²) in [6.07, 6.45) is 3.24. The Morgan fingerprint density at radius 3 is 2.55 bits per heavy atom. The van der Waals surface area contributed by atoms with E-state index in [2.05, 4.69) is 41.3 Å². The molecule has 1 aliphatic rings. The number of halogens is 1. The molecule has 1 amide bonds. The molecule has 124 valence electrons. The second kappa shape index (κ2) is 8.34. The predicted octanol–water partition coefficient (Wildman–Crippen LogP) is 2.68. The van der Waals surface area contributed by atoms with E-state index in [1.165, 1.54) is 0 Å². The molecule has 1 aromatic heterocycles. The third kappa shape index (κ3) is 6.20. The number of aromatic nitrogens is 1. The third-order valence-corrected chi connectivity index (χ3v) is 3.60. The topological polar surface area (TPSA) is 57.3 Å². The van der Waals surface area contributed by atoms with Gasteiger partial charge < -0.3 is 15.5 Å². The van der Waals surface area contributed by atoms with Crippen molar-refractivity contribution in [3.63, 3.8) is 0 Å². The summed E-state index contributed by atoms with van der Waals surface area (Å²) in [6.45, 7) is 10.4. The number of nitrogens with one attached hydrogen (secondary N) is 2. The molecule has 0 atom stereocenters. The Balaban J connectivity index is 0.00000242. The average Bonchev–Trinajstić information content (AvgIpc) is 2.46. The minimum absolute atomic E-state index is 0. The maximum Gasteiger partial charge on any atom is 0.225 e. The lowest BCUT2D eigenvalue weighted by molar-refractivity contribution is -0.116. The summed E-state index contributed by atoms with van der Waals surface area (Å²) in [5.74, 6) is 0.667.